The van der Waals surface area contributed by atoms with E-state index >= 15 is 0 Å². The SMILES string of the molecule is N=N/C(=C\NCC[C@@H](N)Cc1ccccc1)c1ccc2cnccc2c1. The molecule has 26 heavy (non-hydrogen) atoms. The molecule has 0 amide bonds. The van der Waals surface area contributed by atoms with Crippen molar-refractivity contribution in [2.24, 2.45) is 10.8 Å². The Labute approximate surface area is 153 Å². The van der Waals surface area contributed by atoms with Crippen LogP contribution in [0, 0.1) is 5.53 Å². The van der Waals surface area contributed by atoms with Gasteiger partial charge in [0, 0.05) is 42.1 Å². The molecule has 0 aliphatic heterocycles. The van der Waals surface area contributed by atoms with Gasteiger partial charge in [0.25, 0.3) is 0 Å². The van der Waals surface area contributed by atoms with Crippen LogP contribution >= 0.6 is 0 Å². The first-order valence-electron chi connectivity index (χ1n) is 8.71. The van der Waals surface area contributed by atoms with Gasteiger partial charge in [-0.05, 0) is 35.9 Å². The lowest BCUT2D eigenvalue weighted by molar-refractivity contribution is 0.594. The predicted octanol–water partition coefficient (Wildman–Crippen LogP) is 4.11. The molecule has 132 valence electrons. The molecule has 0 aliphatic rings. The first kappa shape index (κ1) is 17.8. The van der Waals surface area contributed by atoms with E-state index < -0.39 is 0 Å². The van der Waals surface area contributed by atoms with Gasteiger partial charge >= 0.3 is 0 Å². The topological polar surface area (TPSA) is 87.2 Å². The highest BCUT2D eigenvalue weighted by molar-refractivity contribution is 5.85. The van der Waals surface area contributed by atoms with Gasteiger partial charge in [-0.1, -0.05) is 42.5 Å². The summed E-state index contributed by atoms with van der Waals surface area (Å²) in [7, 11) is 0. The molecule has 5 heteroatoms. The number of nitrogens with two attached hydrogens (primary N) is 1. The molecule has 0 radical (unpaired) electrons. The van der Waals surface area contributed by atoms with Gasteiger partial charge in [0.1, 0.15) is 5.70 Å². The quantitative estimate of drug-likeness (QED) is 0.424. The number of benzene rings is 2. The monoisotopic (exact) mass is 345 g/mol. The molecule has 3 aromatic rings. The zero-order valence-corrected chi connectivity index (χ0v) is 14.6. The maximum atomic E-state index is 7.45. The predicted molar refractivity (Wildman–Crippen MR) is 106 cm³/mol. The molecule has 0 saturated heterocycles. The molecule has 0 saturated carbocycles. The van der Waals surface area contributed by atoms with Gasteiger partial charge in [0.05, 0.1) is 0 Å². The Morgan fingerprint density at radius 3 is 2.81 bits per heavy atom. The maximum absolute atomic E-state index is 7.45. The third-order valence-electron chi connectivity index (χ3n) is 4.30. The molecule has 1 heterocycles. The maximum Gasteiger partial charge on any atom is 0.108 e. The van der Waals surface area contributed by atoms with Crippen molar-refractivity contribution in [3.8, 4) is 0 Å². The molecule has 4 N–H and O–H groups in total. The van der Waals surface area contributed by atoms with Crippen molar-refractivity contribution < 1.29 is 0 Å². The highest BCUT2D eigenvalue weighted by atomic mass is 15.0. The minimum absolute atomic E-state index is 0.0999. The first-order valence-corrected chi connectivity index (χ1v) is 8.71. The number of hydrogen-bond acceptors (Lipinski definition) is 5. The van der Waals surface area contributed by atoms with E-state index in [0.717, 1.165) is 35.7 Å². The highest BCUT2D eigenvalue weighted by Gasteiger charge is 2.05. The van der Waals surface area contributed by atoms with E-state index in [-0.39, 0.29) is 6.04 Å². The van der Waals surface area contributed by atoms with Crippen LogP contribution in [0.2, 0.25) is 0 Å². The molecule has 1 aromatic heterocycles. The molecule has 3 rings (SSSR count). The minimum atomic E-state index is 0.0999. The largest absolute Gasteiger partial charge is 0.389 e. The van der Waals surface area contributed by atoms with E-state index in [9.17, 15) is 0 Å². The van der Waals surface area contributed by atoms with Gasteiger partial charge in [-0.15, -0.1) is 0 Å². The zero-order chi connectivity index (χ0) is 18.2. The van der Waals surface area contributed by atoms with Gasteiger partial charge in [0.15, 0.2) is 0 Å². The summed E-state index contributed by atoms with van der Waals surface area (Å²) < 4.78 is 0. The van der Waals surface area contributed by atoms with Gasteiger partial charge in [-0.3, -0.25) is 4.98 Å². The average Bonchev–Trinajstić information content (AvgIpc) is 2.68. The Morgan fingerprint density at radius 1 is 1.15 bits per heavy atom. The summed E-state index contributed by atoms with van der Waals surface area (Å²) in [4.78, 5) is 4.12. The normalized spacial score (nSPS) is 12.7. The summed E-state index contributed by atoms with van der Waals surface area (Å²) in [6, 6.07) is 18.3. The van der Waals surface area contributed by atoms with Crippen LogP contribution in [0.5, 0.6) is 0 Å². The van der Waals surface area contributed by atoms with Crippen LogP contribution in [0.3, 0.4) is 0 Å². The third kappa shape index (κ3) is 4.74. The zero-order valence-electron chi connectivity index (χ0n) is 14.6. The standard InChI is InChI=1S/C21H23N5/c22-20(12-16-4-2-1-3-5-16)9-11-25-15-21(26-23)18-6-7-19-14-24-10-8-17(19)13-18/h1-8,10,13-15,20,23,25H,9,11-12,22H2/b21-15-,26-23?/t20-/m1/s1. The number of nitrogens with one attached hydrogen (secondary N) is 2. The minimum Gasteiger partial charge on any atom is -0.389 e. The first-order chi connectivity index (χ1) is 12.8. The van der Waals surface area contributed by atoms with Gasteiger partial charge < -0.3 is 11.1 Å². The average molecular weight is 345 g/mol. The number of hydrogen-bond donors (Lipinski definition) is 3. The number of pyridine rings is 1. The van der Waals surface area contributed by atoms with Crippen LogP contribution in [0.1, 0.15) is 17.5 Å². The molecular weight excluding hydrogens is 322 g/mol. The fourth-order valence-electron chi connectivity index (χ4n) is 2.88. The summed E-state index contributed by atoms with van der Waals surface area (Å²) in [6.07, 6.45) is 7.08. The molecule has 0 bridgehead atoms. The number of nitrogens with zero attached hydrogens (tertiary/aromatic N) is 2. The van der Waals surface area contributed by atoms with Crippen molar-refractivity contribution in [1.82, 2.24) is 10.3 Å². The van der Waals surface area contributed by atoms with Gasteiger partial charge in [-0.2, -0.15) is 5.11 Å². The lowest BCUT2D eigenvalue weighted by Crippen LogP contribution is -2.27. The lowest BCUT2D eigenvalue weighted by Gasteiger charge is -2.12. The van der Waals surface area contributed by atoms with Crippen LogP contribution < -0.4 is 11.1 Å². The molecular formula is C21H23N5. The van der Waals surface area contributed by atoms with Crippen molar-refractivity contribution in [3.05, 3.63) is 84.3 Å². The Kier molecular flexibility index (Phi) is 6.06. The van der Waals surface area contributed by atoms with E-state index in [2.05, 4.69) is 27.5 Å². The van der Waals surface area contributed by atoms with E-state index in [1.54, 1.807) is 12.4 Å². The molecule has 0 spiro atoms. The molecule has 5 nitrogen and oxygen atoms in total. The fourth-order valence-corrected chi connectivity index (χ4v) is 2.88. The molecule has 1 atom stereocenters. The van der Waals surface area contributed by atoms with E-state index in [1.165, 1.54) is 5.56 Å². The van der Waals surface area contributed by atoms with Gasteiger partial charge in [0.2, 0.25) is 0 Å². The van der Waals surface area contributed by atoms with Crippen LogP contribution in [-0.2, 0) is 6.42 Å². The summed E-state index contributed by atoms with van der Waals surface area (Å²) in [6.45, 7) is 0.741. The van der Waals surface area contributed by atoms with Gasteiger partial charge in [-0.25, -0.2) is 5.53 Å². The van der Waals surface area contributed by atoms with Crippen LogP contribution in [0.25, 0.3) is 16.5 Å². The Bertz CT molecular complexity index is 889. The van der Waals surface area contributed by atoms with Crippen molar-refractivity contribution in [3.63, 3.8) is 0 Å². The van der Waals surface area contributed by atoms with E-state index in [1.807, 2.05) is 48.7 Å². The summed E-state index contributed by atoms with van der Waals surface area (Å²) >= 11 is 0. The molecule has 0 fully saturated rings. The van der Waals surface area contributed by atoms with Crippen molar-refractivity contribution in [1.29, 1.82) is 5.53 Å². The number of fused-ring (bicyclic) bond motifs is 1. The summed E-state index contributed by atoms with van der Waals surface area (Å²) in [5.41, 5.74) is 16.4. The van der Waals surface area contributed by atoms with Crippen LogP contribution in [0.4, 0.5) is 0 Å². The Hall–Kier alpha value is -3.05. The number of rotatable bonds is 8. The third-order valence-corrected chi connectivity index (χ3v) is 4.30. The molecule has 2 aromatic carbocycles. The molecule has 0 aliphatic carbocycles. The highest BCUT2D eigenvalue weighted by Crippen LogP contribution is 2.21. The van der Waals surface area contributed by atoms with Crippen LogP contribution in [-0.4, -0.2) is 17.6 Å². The summed E-state index contributed by atoms with van der Waals surface area (Å²) in [5.74, 6) is 0. The second kappa shape index (κ2) is 8.87. The lowest BCUT2D eigenvalue weighted by atomic mass is 10.0. The second-order valence-corrected chi connectivity index (χ2v) is 6.27. The smallest absolute Gasteiger partial charge is 0.108 e. The second-order valence-electron chi connectivity index (χ2n) is 6.27. The van der Waals surface area contributed by atoms with E-state index in [4.69, 9.17) is 11.3 Å². The Morgan fingerprint density at radius 2 is 2.00 bits per heavy atom. The summed E-state index contributed by atoms with van der Waals surface area (Å²) in [5, 5.41) is 9.03. The Balaban J connectivity index is 1.56. The van der Waals surface area contributed by atoms with Crippen molar-refractivity contribution in [2.75, 3.05) is 6.54 Å². The fraction of sp³-hybridized carbons (Fsp3) is 0.190. The number of aromatic nitrogens is 1. The van der Waals surface area contributed by atoms with Crippen LogP contribution in [0.15, 0.2) is 78.3 Å². The van der Waals surface area contributed by atoms with Crippen molar-refractivity contribution >= 4 is 16.5 Å². The molecule has 0 unspecified atom stereocenters. The van der Waals surface area contributed by atoms with E-state index in [0.29, 0.717) is 5.70 Å². The van der Waals surface area contributed by atoms with Crippen molar-refractivity contribution in [2.45, 2.75) is 18.9 Å².